The lowest BCUT2D eigenvalue weighted by Gasteiger charge is -2.27. The van der Waals surface area contributed by atoms with Gasteiger partial charge in [0.25, 0.3) is 0 Å². The molecule has 0 amide bonds. The highest BCUT2D eigenvalue weighted by Crippen LogP contribution is 2.49. The molecule has 0 radical (unpaired) electrons. The molecule has 1 aliphatic carbocycles. The van der Waals surface area contributed by atoms with Crippen molar-refractivity contribution < 1.29 is 0 Å². The standard InChI is InChI=1S/C53H37N/c1-3-12-37(13-4-1)39-26-31-45(32-27-39)54(52-21-11-17-42-14-7-8-18-47(42)52)46-33-28-40(29-34-46)38-22-24-41(25-23-38)44-30-35-50-51(36-44)48-19-9-10-20-49(48)53(50)43-15-5-2-6-16-43/h1-36,53H. The fourth-order valence-corrected chi connectivity index (χ4v) is 8.31. The van der Waals surface area contributed by atoms with Gasteiger partial charge in [0.2, 0.25) is 0 Å². The fraction of sp³-hybridized carbons (Fsp3) is 0.0189. The first-order chi connectivity index (χ1) is 26.8. The Balaban J connectivity index is 0.967. The summed E-state index contributed by atoms with van der Waals surface area (Å²) in [5.41, 5.74) is 17.5. The Bertz CT molecular complexity index is 2720. The van der Waals surface area contributed by atoms with Gasteiger partial charge in [0.05, 0.1) is 5.69 Å². The van der Waals surface area contributed by atoms with Crippen molar-refractivity contribution in [2.75, 3.05) is 4.90 Å². The molecular weight excluding hydrogens is 651 g/mol. The van der Waals surface area contributed by atoms with Gasteiger partial charge in [-0.15, -0.1) is 0 Å². The van der Waals surface area contributed by atoms with Gasteiger partial charge in [-0.3, -0.25) is 0 Å². The minimum absolute atomic E-state index is 0.266. The smallest absolute Gasteiger partial charge is 0.0540 e. The molecule has 0 aromatic heterocycles. The van der Waals surface area contributed by atoms with E-state index in [4.69, 9.17) is 0 Å². The van der Waals surface area contributed by atoms with Gasteiger partial charge < -0.3 is 4.90 Å². The average Bonchev–Trinajstić information content (AvgIpc) is 3.59. The Kier molecular flexibility index (Phi) is 7.96. The van der Waals surface area contributed by atoms with Crippen molar-refractivity contribution in [3.05, 3.63) is 235 Å². The van der Waals surface area contributed by atoms with Crippen LogP contribution in [-0.4, -0.2) is 0 Å². The molecular formula is C53H37N. The van der Waals surface area contributed by atoms with E-state index in [1.165, 1.54) is 72.0 Å². The highest BCUT2D eigenvalue weighted by molar-refractivity contribution is 5.99. The summed E-state index contributed by atoms with van der Waals surface area (Å²) in [6, 6.07) is 79.5. The van der Waals surface area contributed by atoms with E-state index >= 15 is 0 Å². The van der Waals surface area contributed by atoms with Gasteiger partial charge in [-0.25, -0.2) is 0 Å². The van der Waals surface area contributed by atoms with Crippen LogP contribution in [0.1, 0.15) is 22.6 Å². The number of nitrogens with zero attached hydrogens (tertiary/aromatic N) is 1. The zero-order valence-electron chi connectivity index (χ0n) is 29.8. The lowest BCUT2D eigenvalue weighted by atomic mass is 9.89. The van der Waals surface area contributed by atoms with Crippen molar-refractivity contribution in [1.82, 2.24) is 0 Å². The predicted molar refractivity (Wildman–Crippen MR) is 228 cm³/mol. The topological polar surface area (TPSA) is 3.24 Å². The van der Waals surface area contributed by atoms with Gasteiger partial charge in [0.1, 0.15) is 0 Å². The van der Waals surface area contributed by atoms with Crippen LogP contribution in [-0.2, 0) is 0 Å². The number of hydrogen-bond donors (Lipinski definition) is 0. The van der Waals surface area contributed by atoms with E-state index in [1.54, 1.807) is 0 Å². The van der Waals surface area contributed by atoms with E-state index < -0.39 is 0 Å². The average molecular weight is 688 g/mol. The van der Waals surface area contributed by atoms with Crippen molar-refractivity contribution in [1.29, 1.82) is 0 Å². The first-order valence-electron chi connectivity index (χ1n) is 18.7. The molecule has 10 rings (SSSR count). The minimum atomic E-state index is 0.266. The molecule has 1 aliphatic rings. The van der Waals surface area contributed by atoms with E-state index in [0.717, 1.165) is 17.1 Å². The van der Waals surface area contributed by atoms with Crippen molar-refractivity contribution in [3.63, 3.8) is 0 Å². The molecule has 0 saturated carbocycles. The third kappa shape index (κ3) is 5.68. The third-order valence-electron chi connectivity index (χ3n) is 11.0. The van der Waals surface area contributed by atoms with Crippen LogP contribution in [0.3, 0.4) is 0 Å². The van der Waals surface area contributed by atoms with Crippen molar-refractivity contribution in [2.45, 2.75) is 5.92 Å². The monoisotopic (exact) mass is 687 g/mol. The molecule has 54 heavy (non-hydrogen) atoms. The first kappa shape index (κ1) is 31.7. The molecule has 0 bridgehead atoms. The lowest BCUT2D eigenvalue weighted by Crippen LogP contribution is -2.10. The number of hydrogen-bond acceptors (Lipinski definition) is 1. The van der Waals surface area contributed by atoms with Gasteiger partial charge in [-0.05, 0) is 103 Å². The van der Waals surface area contributed by atoms with Crippen LogP contribution in [0.2, 0.25) is 0 Å². The summed E-state index contributed by atoms with van der Waals surface area (Å²) in [6.45, 7) is 0. The van der Waals surface area contributed by atoms with Crippen LogP contribution >= 0.6 is 0 Å². The lowest BCUT2D eigenvalue weighted by molar-refractivity contribution is 1.02. The zero-order chi connectivity index (χ0) is 35.8. The summed E-state index contributed by atoms with van der Waals surface area (Å²) in [4.78, 5) is 2.37. The summed E-state index contributed by atoms with van der Waals surface area (Å²) in [5, 5.41) is 2.44. The molecule has 0 aliphatic heterocycles. The van der Waals surface area contributed by atoms with Crippen LogP contribution in [0.4, 0.5) is 17.1 Å². The fourth-order valence-electron chi connectivity index (χ4n) is 8.31. The summed E-state index contributed by atoms with van der Waals surface area (Å²) in [7, 11) is 0. The minimum Gasteiger partial charge on any atom is -0.310 e. The van der Waals surface area contributed by atoms with E-state index in [-0.39, 0.29) is 5.92 Å². The normalized spacial score (nSPS) is 13.0. The van der Waals surface area contributed by atoms with Gasteiger partial charge in [-0.1, -0.05) is 182 Å². The van der Waals surface area contributed by atoms with Crippen LogP contribution in [0.5, 0.6) is 0 Å². The Morgan fingerprint density at radius 1 is 0.315 bits per heavy atom. The van der Waals surface area contributed by atoms with Gasteiger partial charge in [-0.2, -0.15) is 0 Å². The summed E-state index contributed by atoms with van der Waals surface area (Å²) < 4.78 is 0. The maximum absolute atomic E-state index is 2.38. The summed E-state index contributed by atoms with van der Waals surface area (Å²) in [6.07, 6.45) is 0. The van der Waals surface area contributed by atoms with E-state index in [2.05, 4.69) is 223 Å². The number of fused-ring (bicyclic) bond motifs is 4. The molecule has 0 saturated heterocycles. The summed E-state index contributed by atoms with van der Waals surface area (Å²) >= 11 is 0. The first-order valence-corrected chi connectivity index (χ1v) is 18.7. The molecule has 1 heteroatoms. The predicted octanol–water partition coefficient (Wildman–Crippen LogP) is 14.5. The molecule has 9 aromatic rings. The number of anilines is 3. The molecule has 0 N–H and O–H groups in total. The quantitative estimate of drug-likeness (QED) is 0.161. The van der Waals surface area contributed by atoms with Crippen LogP contribution in [0.15, 0.2) is 218 Å². The Morgan fingerprint density at radius 3 is 1.48 bits per heavy atom. The van der Waals surface area contributed by atoms with Crippen LogP contribution in [0, 0.1) is 0 Å². The van der Waals surface area contributed by atoms with Gasteiger partial charge >= 0.3 is 0 Å². The molecule has 1 nitrogen and oxygen atoms in total. The molecule has 1 unspecified atom stereocenters. The van der Waals surface area contributed by atoms with Crippen molar-refractivity contribution in [2.24, 2.45) is 0 Å². The number of rotatable bonds is 7. The second kappa shape index (κ2) is 13.5. The summed E-state index contributed by atoms with van der Waals surface area (Å²) in [5.74, 6) is 0.266. The molecule has 0 heterocycles. The van der Waals surface area contributed by atoms with E-state index in [9.17, 15) is 0 Å². The molecule has 9 aromatic carbocycles. The Labute approximate surface area is 317 Å². The SMILES string of the molecule is c1ccc(-c2ccc(N(c3ccc(-c4ccc(-c5ccc6c(c5)-c5ccccc5C6c5ccccc5)cc4)cc3)c3cccc4ccccc34)cc2)cc1. The molecule has 0 fully saturated rings. The van der Waals surface area contributed by atoms with Crippen molar-refractivity contribution in [3.8, 4) is 44.5 Å². The Morgan fingerprint density at radius 2 is 0.796 bits per heavy atom. The molecule has 0 spiro atoms. The maximum atomic E-state index is 2.38. The van der Waals surface area contributed by atoms with Crippen molar-refractivity contribution >= 4 is 27.8 Å². The van der Waals surface area contributed by atoms with Crippen LogP contribution < -0.4 is 4.90 Å². The van der Waals surface area contributed by atoms with E-state index in [0.29, 0.717) is 0 Å². The number of benzene rings is 9. The second-order valence-corrected chi connectivity index (χ2v) is 14.1. The molecule has 1 atom stereocenters. The Hall–Kier alpha value is -6.96. The van der Waals surface area contributed by atoms with Crippen LogP contribution in [0.25, 0.3) is 55.3 Å². The third-order valence-corrected chi connectivity index (χ3v) is 11.0. The second-order valence-electron chi connectivity index (χ2n) is 14.1. The maximum Gasteiger partial charge on any atom is 0.0540 e. The highest BCUT2D eigenvalue weighted by atomic mass is 15.1. The molecule has 254 valence electrons. The van der Waals surface area contributed by atoms with Gasteiger partial charge in [0.15, 0.2) is 0 Å². The highest BCUT2D eigenvalue weighted by Gasteiger charge is 2.29. The van der Waals surface area contributed by atoms with Gasteiger partial charge in [0, 0.05) is 22.7 Å². The van der Waals surface area contributed by atoms with E-state index in [1.807, 2.05) is 0 Å². The zero-order valence-corrected chi connectivity index (χ0v) is 29.8. The largest absolute Gasteiger partial charge is 0.310 e.